The molecule has 0 radical (unpaired) electrons. The molecule has 6 heteroatoms. The first-order valence-electron chi connectivity index (χ1n) is 7.18. The van der Waals surface area contributed by atoms with Gasteiger partial charge in [-0.2, -0.15) is 13.2 Å². The van der Waals surface area contributed by atoms with Crippen LogP contribution in [0, 0.1) is 0 Å². The summed E-state index contributed by atoms with van der Waals surface area (Å²) in [6, 6.07) is 5.21. The van der Waals surface area contributed by atoms with E-state index >= 15 is 0 Å². The highest BCUT2D eigenvalue weighted by molar-refractivity contribution is 5.66. The van der Waals surface area contributed by atoms with Gasteiger partial charge in [0.15, 0.2) is 0 Å². The molecule has 0 aromatic heterocycles. The summed E-state index contributed by atoms with van der Waals surface area (Å²) in [7, 11) is 0. The predicted octanol–water partition coefficient (Wildman–Crippen LogP) is 4.73. The normalized spacial score (nSPS) is 15.1. The second kappa shape index (κ2) is 8.04. The number of hydrogen-bond acceptors (Lipinski definition) is 2. The Kier molecular flexibility index (Phi) is 6.66. The fourth-order valence-electron chi connectivity index (χ4n) is 2.52. The summed E-state index contributed by atoms with van der Waals surface area (Å²) in [5.74, 6) is -0.806. The third-order valence-corrected chi connectivity index (χ3v) is 3.76. The van der Waals surface area contributed by atoms with Gasteiger partial charge in [0, 0.05) is 25.2 Å². The number of aliphatic carboxylic acids is 1. The van der Waals surface area contributed by atoms with Crippen molar-refractivity contribution in [1.29, 1.82) is 0 Å². The summed E-state index contributed by atoms with van der Waals surface area (Å²) in [6.07, 6.45) is -0.0307. The highest BCUT2D eigenvalue weighted by atomic mass is 19.4. The monoisotopic (exact) mass is 329 g/mol. The molecule has 1 aliphatic heterocycles. The standard InChI is InChI=1S/C16H18F3NO2.CH4/c17-16(18,19)13-4-6-14(7-5-13)20-10-8-12(9-11-20)2-1-3-15(21)22;/h2,4-7H,1,3,8-11H2,(H,21,22);1H4. The van der Waals surface area contributed by atoms with E-state index < -0.39 is 17.7 Å². The van der Waals surface area contributed by atoms with Crippen molar-refractivity contribution in [2.24, 2.45) is 0 Å². The number of carboxylic acids is 1. The minimum atomic E-state index is -4.31. The number of rotatable bonds is 4. The minimum absolute atomic E-state index is 0. The Hall–Kier alpha value is -1.98. The topological polar surface area (TPSA) is 40.5 Å². The first-order chi connectivity index (χ1) is 10.4. The van der Waals surface area contributed by atoms with Crippen molar-refractivity contribution in [2.45, 2.75) is 39.3 Å². The third kappa shape index (κ3) is 5.62. The van der Waals surface area contributed by atoms with E-state index in [-0.39, 0.29) is 13.8 Å². The summed E-state index contributed by atoms with van der Waals surface area (Å²) in [6.45, 7) is 1.48. The van der Waals surface area contributed by atoms with Gasteiger partial charge in [0.1, 0.15) is 0 Å². The van der Waals surface area contributed by atoms with Crippen LogP contribution in [0.1, 0.15) is 38.7 Å². The molecule has 2 rings (SSSR count). The van der Waals surface area contributed by atoms with E-state index in [2.05, 4.69) is 4.90 Å². The summed E-state index contributed by atoms with van der Waals surface area (Å²) in [5.41, 5.74) is 1.38. The number of piperidine rings is 1. The van der Waals surface area contributed by atoms with Gasteiger partial charge in [-0.15, -0.1) is 0 Å². The van der Waals surface area contributed by atoms with E-state index in [0.29, 0.717) is 6.42 Å². The number of carbonyl (C=O) groups is 1. The molecule has 3 nitrogen and oxygen atoms in total. The Morgan fingerprint density at radius 3 is 2.22 bits per heavy atom. The average Bonchev–Trinajstić information content (AvgIpc) is 2.47. The smallest absolute Gasteiger partial charge is 0.416 e. The Labute approximate surface area is 134 Å². The molecule has 1 aromatic carbocycles. The van der Waals surface area contributed by atoms with Crippen LogP contribution >= 0.6 is 0 Å². The van der Waals surface area contributed by atoms with Crippen LogP contribution in [0.15, 0.2) is 35.9 Å². The molecular formula is C17H22F3NO2. The fraction of sp³-hybridized carbons (Fsp3) is 0.471. The second-order valence-electron chi connectivity index (χ2n) is 5.33. The van der Waals surface area contributed by atoms with Crippen molar-refractivity contribution >= 4 is 11.7 Å². The molecule has 0 bridgehead atoms. The number of benzene rings is 1. The average molecular weight is 329 g/mol. The quantitative estimate of drug-likeness (QED) is 0.812. The molecule has 0 unspecified atom stereocenters. The second-order valence-corrected chi connectivity index (χ2v) is 5.33. The van der Waals surface area contributed by atoms with Crippen molar-refractivity contribution in [3.05, 3.63) is 41.5 Å². The van der Waals surface area contributed by atoms with Gasteiger partial charge < -0.3 is 10.0 Å². The summed E-state index contributed by atoms with van der Waals surface area (Å²) >= 11 is 0. The van der Waals surface area contributed by atoms with Crippen LogP contribution in [0.25, 0.3) is 0 Å². The van der Waals surface area contributed by atoms with E-state index in [1.807, 2.05) is 6.08 Å². The van der Waals surface area contributed by atoms with Crippen molar-refractivity contribution in [1.82, 2.24) is 0 Å². The summed E-state index contributed by atoms with van der Waals surface area (Å²) in [5, 5.41) is 8.60. The van der Waals surface area contributed by atoms with E-state index in [1.165, 1.54) is 17.7 Å². The predicted molar refractivity (Wildman–Crippen MR) is 84.6 cm³/mol. The Balaban J connectivity index is 0.00000264. The Morgan fingerprint density at radius 1 is 1.17 bits per heavy atom. The lowest BCUT2D eigenvalue weighted by molar-refractivity contribution is -0.138. The maximum absolute atomic E-state index is 12.5. The zero-order valence-corrected chi connectivity index (χ0v) is 12.1. The molecule has 1 aliphatic rings. The molecule has 1 N–H and O–H groups in total. The molecule has 23 heavy (non-hydrogen) atoms. The number of nitrogens with zero attached hydrogens (tertiary/aromatic N) is 1. The van der Waals surface area contributed by atoms with Gasteiger partial charge in [0.25, 0.3) is 0 Å². The number of allylic oxidation sites excluding steroid dienone is 1. The lowest BCUT2D eigenvalue weighted by Crippen LogP contribution is -2.30. The van der Waals surface area contributed by atoms with Crippen molar-refractivity contribution < 1.29 is 23.1 Å². The Morgan fingerprint density at radius 2 is 1.74 bits per heavy atom. The van der Waals surface area contributed by atoms with Crippen LogP contribution in [0.5, 0.6) is 0 Å². The van der Waals surface area contributed by atoms with Crippen molar-refractivity contribution in [2.75, 3.05) is 18.0 Å². The van der Waals surface area contributed by atoms with E-state index in [1.54, 1.807) is 0 Å². The van der Waals surface area contributed by atoms with E-state index in [9.17, 15) is 18.0 Å². The van der Waals surface area contributed by atoms with Gasteiger partial charge in [0.05, 0.1) is 5.56 Å². The minimum Gasteiger partial charge on any atom is -0.481 e. The number of halogens is 3. The van der Waals surface area contributed by atoms with Gasteiger partial charge >= 0.3 is 12.1 Å². The van der Waals surface area contributed by atoms with Gasteiger partial charge in [-0.05, 0) is 43.5 Å². The first-order valence-corrected chi connectivity index (χ1v) is 7.18. The van der Waals surface area contributed by atoms with E-state index in [4.69, 9.17) is 5.11 Å². The molecule has 0 aliphatic carbocycles. The Bertz CT molecular complexity index is 540. The molecular weight excluding hydrogens is 307 g/mol. The first kappa shape index (κ1) is 19.1. The number of alkyl halides is 3. The van der Waals surface area contributed by atoms with Crippen LogP contribution in [0.4, 0.5) is 18.9 Å². The van der Waals surface area contributed by atoms with Crippen LogP contribution in [-0.4, -0.2) is 24.2 Å². The third-order valence-electron chi connectivity index (χ3n) is 3.76. The van der Waals surface area contributed by atoms with Gasteiger partial charge in [0.2, 0.25) is 0 Å². The number of hydrogen-bond donors (Lipinski definition) is 1. The summed E-state index contributed by atoms with van der Waals surface area (Å²) < 4.78 is 37.6. The SMILES string of the molecule is C.O=C(O)CCC=C1CCN(c2ccc(C(F)(F)F)cc2)CC1. The van der Waals surface area contributed by atoms with Crippen molar-refractivity contribution in [3.63, 3.8) is 0 Å². The molecule has 0 spiro atoms. The van der Waals surface area contributed by atoms with Crippen LogP contribution in [-0.2, 0) is 11.0 Å². The van der Waals surface area contributed by atoms with Gasteiger partial charge in [-0.3, -0.25) is 4.79 Å². The molecule has 0 atom stereocenters. The number of carboxylic acid groups (broad SMARTS) is 1. The van der Waals surface area contributed by atoms with Gasteiger partial charge in [-0.25, -0.2) is 0 Å². The summed E-state index contributed by atoms with van der Waals surface area (Å²) in [4.78, 5) is 12.5. The zero-order valence-electron chi connectivity index (χ0n) is 12.1. The molecule has 1 fully saturated rings. The number of anilines is 1. The maximum atomic E-state index is 12.5. The molecule has 0 saturated carbocycles. The zero-order chi connectivity index (χ0) is 16.2. The lowest BCUT2D eigenvalue weighted by atomic mass is 10.0. The molecule has 1 heterocycles. The molecule has 0 amide bonds. The van der Waals surface area contributed by atoms with Gasteiger partial charge in [-0.1, -0.05) is 19.1 Å². The van der Waals surface area contributed by atoms with Crippen LogP contribution in [0.3, 0.4) is 0 Å². The molecule has 128 valence electrons. The molecule has 1 saturated heterocycles. The molecule has 1 aromatic rings. The van der Waals surface area contributed by atoms with Crippen molar-refractivity contribution in [3.8, 4) is 0 Å². The maximum Gasteiger partial charge on any atom is 0.416 e. The van der Waals surface area contributed by atoms with Crippen LogP contribution < -0.4 is 4.90 Å². The fourth-order valence-corrected chi connectivity index (χ4v) is 2.52. The lowest BCUT2D eigenvalue weighted by Gasteiger charge is -2.30. The highest BCUT2D eigenvalue weighted by Crippen LogP contribution is 2.31. The van der Waals surface area contributed by atoms with Crippen LogP contribution in [0.2, 0.25) is 0 Å². The highest BCUT2D eigenvalue weighted by Gasteiger charge is 2.30. The van der Waals surface area contributed by atoms with E-state index in [0.717, 1.165) is 43.8 Å². The largest absolute Gasteiger partial charge is 0.481 e.